The van der Waals surface area contributed by atoms with Gasteiger partial charge in [-0.3, -0.25) is 4.79 Å². The molecule has 0 saturated heterocycles. The maximum atomic E-state index is 11.9. The molecule has 0 unspecified atom stereocenters. The molecule has 23 heavy (non-hydrogen) atoms. The summed E-state index contributed by atoms with van der Waals surface area (Å²) in [5.74, 6) is -0.105. The number of benzene rings is 1. The predicted octanol–water partition coefficient (Wildman–Crippen LogP) is 3.96. The van der Waals surface area contributed by atoms with Crippen molar-refractivity contribution in [3.63, 3.8) is 0 Å². The van der Waals surface area contributed by atoms with Crippen molar-refractivity contribution in [1.82, 2.24) is 0 Å². The largest absolute Gasteiger partial charge is 0.489 e. The summed E-state index contributed by atoms with van der Waals surface area (Å²) in [7, 11) is 0. The Morgan fingerprint density at radius 1 is 1.26 bits per heavy atom. The number of aryl methyl sites for hydroxylation is 2. The Labute approximate surface area is 137 Å². The summed E-state index contributed by atoms with van der Waals surface area (Å²) in [4.78, 5) is 22.4. The Morgan fingerprint density at radius 2 is 2.09 bits per heavy atom. The van der Waals surface area contributed by atoms with Crippen molar-refractivity contribution in [3.8, 4) is 5.75 Å². The monoisotopic (exact) mass is 316 g/mol. The van der Waals surface area contributed by atoms with Gasteiger partial charge in [0.1, 0.15) is 12.4 Å². The van der Waals surface area contributed by atoms with Crippen LogP contribution in [0, 0.1) is 0 Å². The zero-order valence-electron chi connectivity index (χ0n) is 13.6. The van der Waals surface area contributed by atoms with Crippen molar-refractivity contribution in [2.45, 2.75) is 51.9 Å². The van der Waals surface area contributed by atoms with Crippen LogP contribution in [-0.4, -0.2) is 23.5 Å². The predicted molar refractivity (Wildman–Crippen MR) is 89.2 cm³/mol. The molecule has 0 amide bonds. The fourth-order valence-corrected chi connectivity index (χ4v) is 2.88. The Hall–Kier alpha value is -2.10. The standard InChI is InChI=1S/C19H24O4/c1-2-3-4-5-7-15-12-14-9-10-17(20)16(14)13-18(15)23-11-6-8-19(21)22/h6,8,12-13H,2-5,7,9-11H2,1H3,(H,21,22)/b8-6+. The third kappa shape index (κ3) is 4.95. The molecule has 0 aromatic heterocycles. The number of carboxylic acids is 1. The summed E-state index contributed by atoms with van der Waals surface area (Å²) < 4.78 is 5.72. The molecule has 0 radical (unpaired) electrons. The average Bonchev–Trinajstić information content (AvgIpc) is 2.88. The topological polar surface area (TPSA) is 63.6 Å². The highest BCUT2D eigenvalue weighted by Crippen LogP contribution is 2.31. The van der Waals surface area contributed by atoms with Crippen LogP contribution < -0.4 is 4.74 Å². The quantitative estimate of drug-likeness (QED) is 0.553. The number of hydrogen-bond acceptors (Lipinski definition) is 3. The summed E-state index contributed by atoms with van der Waals surface area (Å²) in [5.41, 5.74) is 3.01. The van der Waals surface area contributed by atoms with Crippen molar-refractivity contribution in [2.24, 2.45) is 0 Å². The SMILES string of the molecule is CCCCCCc1cc2c(cc1OC/C=C/C(=O)O)C(=O)CC2. The zero-order chi connectivity index (χ0) is 16.7. The van der Waals surface area contributed by atoms with E-state index in [0.717, 1.165) is 42.0 Å². The van der Waals surface area contributed by atoms with Crippen LogP contribution in [0.1, 0.15) is 60.5 Å². The minimum Gasteiger partial charge on any atom is -0.489 e. The summed E-state index contributed by atoms with van der Waals surface area (Å²) in [6.07, 6.45) is 9.56. The van der Waals surface area contributed by atoms with E-state index in [1.165, 1.54) is 25.3 Å². The van der Waals surface area contributed by atoms with Gasteiger partial charge in [0.25, 0.3) is 0 Å². The van der Waals surface area contributed by atoms with Gasteiger partial charge in [-0.25, -0.2) is 4.79 Å². The molecule has 1 aliphatic rings. The fraction of sp³-hybridized carbons (Fsp3) is 0.474. The average molecular weight is 316 g/mol. The molecule has 1 aromatic carbocycles. The van der Waals surface area contributed by atoms with Gasteiger partial charge in [0.15, 0.2) is 5.78 Å². The molecule has 0 spiro atoms. The van der Waals surface area contributed by atoms with Gasteiger partial charge in [-0.15, -0.1) is 0 Å². The van der Waals surface area contributed by atoms with E-state index < -0.39 is 5.97 Å². The molecule has 4 heteroatoms. The molecular weight excluding hydrogens is 292 g/mol. The van der Waals surface area contributed by atoms with Crippen LogP contribution >= 0.6 is 0 Å². The highest BCUT2D eigenvalue weighted by Gasteiger charge is 2.22. The fourth-order valence-electron chi connectivity index (χ4n) is 2.88. The lowest BCUT2D eigenvalue weighted by atomic mass is 10.00. The number of aliphatic carboxylic acids is 1. The molecule has 0 aliphatic heterocycles. The number of unbranched alkanes of at least 4 members (excludes halogenated alkanes) is 3. The highest BCUT2D eigenvalue weighted by molar-refractivity contribution is 6.00. The number of ether oxygens (including phenoxy) is 1. The summed E-state index contributed by atoms with van der Waals surface area (Å²) in [6, 6.07) is 3.94. The van der Waals surface area contributed by atoms with Gasteiger partial charge >= 0.3 is 5.97 Å². The first-order valence-electron chi connectivity index (χ1n) is 8.33. The molecule has 0 bridgehead atoms. The summed E-state index contributed by atoms with van der Waals surface area (Å²) in [6.45, 7) is 2.38. The van der Waals surface area contributed by atoms with Gasteiger partial charge in [-0.2, -0.15) is 0 Å². The van der Waals surface area contributed by atoms with Gasteiger partial charge in [-0.1, -0.05) is 32.3 Å². The van der Waals surface area contributed by atoms with E-state index in [2.05, 4.69) is 13.0 Å². The van der Waals surface area contributed by atoms with E-state index >= 15 is 0 Å². The number of Topliss-reactive ketones (excluding diaryl/α,β-unsaturated/α-hetero) is 1. The second-order valence-electron chi connectivity index (χ2n) is 5.90. The minimum absolute atomic E-state index is 0.170. The Bertz CT molecular complexity index is 602. The first kappa shape index (κ1) is 17.3. The smallest absolute Gasteiger partial charge is 0.328 e. The van der Waals surface area contributed by atoms with E-state index in [1.54, 1.807) is 0 Å². The molecular formula is C19H24O4. The molecule has 1 aromatic rings. The van der Waals surface area contributed by atoms with E-state index in [0.29, 0.717) is 12.2 Å². The van der Waals surface area contributed by atoms with Crippen molar-refractivity contribution >= 4 is 11.8 Å². The Morgan fingerprint density at radius 3 is 2.83 bits per heavy atom. The number of fused-ring (bicyclic) bond motifs is 1. The molecule has 1 aliphatic carbocycles. The van der Waals surface area contributed by atoms with Crippen LogP contribution in [0.2, 0.25) is 0 Å². The molecule has 1 N–H and O–H groups in total. The van der Waals surface area contributed by atoms with E-state index in [1.807, 2.05) is 6.07 Å². The molecule has 0 heterocycles. The van der Waals surface area contributed by atoms with Crippen LogP contribution in [0.3, 0.4) is 0 Å². The lowest BCUT2D eigenvalue weighted by Gasteiger charge is -2.13. The third-order valence-electron chi connectivity index (χ3n) is 4.10. The van der Waals surface area contributed by atoms with E-state index in [-0.39, 0.29) is 12.4 Å². The van der Waals surface area contributed by atoms with Gasteiger partial charge in [0.2, 0.25) is 0 Å². The number of hydrogen-bond donors (Lipinski definition) is 1. The first-order valence-corrected chi connectivity index (χ1v) is 8.33. The van der Waals surface area contributed by atoms with Gasteiger partial charge in [-0.05, 0) is 42.5 Å². The second-order valence-corrected chi connectivity index (χ2v) is 5.90. The molecule has 124 valence electrons. The lowest BCUT2D eigenvalue weighted by molar-refractivity contribution is -0.131. The minimum atomic E-state index is -0.988. The number of carboxylic acid groups (broad SMARTS) is 1. The maximum Gasteiger partial charge on any atom is 0.328 e. The molecule has 0 fully saturated rings. The normalized spacial score (nSPS) is 13.5. The van der Waals surface area contributed by atoms with Gasteiger partial charge in [0.05, 0.1) is 0 Å². The van der Waals surface area contributed by atoms with E-state index in [9.17, 15) is 9.59 Å². The number of ketones is 1. The maximum absolute atomic E-state index is 11.9. The van der Waals surface area contributed by atoms with Crippen molar-refractivity contribution in [1.29, 1.82) is 0 Å². The number of carbonyl (C=O) groups excluding carboxylic acids is 1. The van der Waals surface area contributed by atoms with Crippen LogP contribution in [0.15, 0.2) is 24.3 Å². The van der Waals surface area contributed by atoms with E-state index in [4.69, 9.17) is 9.84 Å². The molecule has 0 atom stereocenters. The second kappa shape index (κ2) is 8.51. The Balaban J connectivity index is 2.10. The first-order chi connectivity index (χ1) is 11.1. The van der Waals surface area contributed by atoms with Crippen LogP contribution in [0.4, 0.5) is 0 Å². The van der Waals surface area contributed by atoms with Gasteiger partial charge < -0.3 is 9.84 Å². The summed E-state index contributed by atoms with van der Waals surface area (Å²) >= 11 is 0. The summed E-state index contributed by atoms with van der Waals surface area (Å²) in [5, 5.41) is 8.61. The molecule has 0 saturated carbocycles. The highest BCUT2D eigenvalue weighted by atomic mass is 16.5. The lowest BCUT2D eigenvalue weighted by Crippen LogP contribution is -2.02. The molecule has 4 nitrogen and oxygen atoms in total. The zero-order valence-corrected chi connectivity index (χ0v) is 13.6. The van der Waals surface area contributed by atoms with Crippen LogP contribution in [0.25, 0.3) is 0 Å². The third-order valence-corrected chi connectivity index (χ3v) is 4.10. The van der Waals surface area contributed by atoms with Crippen LogP contribution in [0.5, 0.6) is 5.75 Å². The van der Waals surface area contributed by atoms with Crippen molar-refractivity contribution in [2.75, 3.05) is 6.61 Å². The van der Waals surface area contributed by atoms with Gasteiger partial charge in [0, 0.05) is 18.1 Å². The van der Waals surface area contributed by atoms with Crippen molar-refractivity contribution in [3.05, 3.63) is 41.0 Å². The molecule has 2 rings (SSSR count). The number of rotatable bonds is 9. The number of carbonyl (C=O) groups is 2. The Kier molecular flexibility index (Phi) is 6.39. The van der Waals surface area contributed by atoms with Crippen molar-refractivity contribution < 1.29 is 19.4 Å². The van der Waals surface area contributed by atoms with Crippen LogP contribution in [-0.2, 0) is 17.6 Å².